The molecule has 0 bridgehead atoms. The molecule has 0 aromatic rings. The predicted octanol–water partition coefficient (Wildman–Crippen LogP) is 1.19. The van der Waals surface area contributed by atoms with Gasteiger partial charge in [0.2, 0.25) is 0 Å². The lowest BCUT2D eigenvalue weighted by atomic mass is 9.61. The van der Waals surface area contributed by atoms with Gasteiger partial charge in [-0.3, -0.25) is 0 Å². The van der Waals surface area contributed by atoms with Crippen LogP contribution < -0.4 is 5.73 Å². The minimum atomic E-state index is 0.383. The first-order valence-electron chi connectivity index (χ1n) is 6.56. The van der Waals surface area contributed by atoms with Crippen molar-refractivity contribution in [2.24, 2.45) is 28.9 Å². The van der Waals surface area contributed by atoms with Crippen molar-refractivity contribution in [1.82, 2.24) is 4.90 Å². The number of rotatable bonds is 4. The summed E-state index contributed by atoms with van der Waals surface area (Å²) in [4.78, 5) is 2.44. The fourth-order valence-corrected chi connectivity index (χ4v) is 3.67. The van der Waals surface area contributed by atoms with E-state index >= 15 is 0 Å². The van der Waals surface area contributed by atoms with Crippen molar-refractivity contribution < 1.29 is 4.74 Å². The second-order valence-electron chi connectivity index (χ2n) is 6.06. The molecule has 0 radical (unpaired) electrons. The standard InChI is InChI=1S/C13H26N2O/c1-10(2)12(6-14)13(8-16-9-13)11-4-5-15(3)7-11/h10-12H,4-9,14H2,1-3H3. The van der Waals surface area contributed by atoms with Gasteiger partial charge in [0.15, 0.2) is 0 Å². The number of ether oxygens (including phenoxy) is 1. The topological polar surface area (TPSA) is 38.5 Å². The quantitative estimate of drug-likeness (QED) is 0.782. The van der Waals surface area contributed by atoms with Gasteiger partial charge in [-0.2, -0.15) is 0 Å². The summed E-state index contributed by atoms with van der Waals surface area (Å²) < 4.78 is 5.54. The predicted molar refractivity (Wildman–Crippen MR) is 66.2 cm³/mol. The SMILES string of the molecule is CC(C)C(CN)C1(C2CCN(C)C2)COC1. The van der Waals surface area contributed by atoms with Gasteiger partial charge in [-0.05, 0) is 44.3 Å². The molecule has 0 aliphatic carbocycles. The highest BCUT2D eigenvalue weighted by Crippen LogP contribution is 2.48. The molecular weight excluding hydrogens is 200 g/mol. The van der Waals surface area contributed by atoms with Crippen molar-refractivity contribution in [1.29, 1.82) is 0 Å². The van der Waals surface area contributed by atoms with Crippen LogP contribution in [0.25, 0.3) is 0 Å². The van der Waals surface area contributed by atoms with Crippen molar-refractivity contribution in [2.75, 3.05) is 39.9 Å². The van der Waals surface area contributed by atoms with Crippen LogP contribution in [0.3, 0.4) is 0 Å². The van der Waals surface area contributed by atoms with Crippen molar-refractivity contribution in [2.45, 2.75) is 20.3 Å². The van der Waals surface area contributed by atoms with Gasteiger partial charge in [0.1, 0.15) is 0 Å². The number of nitrogens with two attached hydrogens (primary N) is 1. The molecule has 2 aliphatic rings. The fourth-order valence-electron chi connectivity index (χ4n) is 3.67. The van der Waals surface area contributed by atoms with Crippen LogP contribution in [0.1, 0.15) is 20.3 Å². The van der Waals surface area contributed by atoms with Gasteiger partial charge in [-0.25, -0.2) is 0 Å². The zero-order valence-corrected chi connectivity index (χ0v) is 10.9. The van der Waals surface area contributed by atoms with Crippen LogP contribution in [-0.2, 0) is 4.74 Å². The molecule has 16 heavy (non-hydrogen) atoms. The summed E-state index contributed by atoms with van der Waals surface area (Å²) in [6, 6.07) is 0. The molecule has 2 unspecified atom stereocenters. The molecule has 0 aromatic carbocycles. The van der Waals surface area contributed by atoms with Crippen molar-refractivity contribution in [3.63, 3.8) is 0 Å². The van der Waals surface area contributed by atoms with E-state index in [0.29, 0.717) is 17.3 Å². The summed E-state index contributed by atoms with van der Waals surface area (Å²) >= 11 is 0. The van der Waals surface area contributed by atoms with Crippen LogP contribution in [-0.4, -0.2) is 44.8 Å². The molecule has 94 valence electrons. The monoisotopic (exact) mass is 226 g/mol. The molecule has 2 saturated heterocycles. The maximum atomic E-state index is 6.00. The molecule has 2 fully saturated rings. The van der Waals surface area contributed by atoms with Gasteiger partial charge in [0, 0.05) is 12.0 Å². The average Bonchev–Trinajstić information content (AvgIpc) is 2.57. The number of hydrogen-bond donors (Lipinski definition) is 1. The zero-order valence-electron chi connectivity index (χ0n) is 10.9. The fraction of sp³-hybridized carbons (Fsp3) is 1.00. The Labute approximate surface area is 99.3 Å². The van der Waals surface area contributed by atoms with Crippen LogP contribution >= 0.6 is 0 Å². The van der Waals surface area contributed by atoms with Gasteiger partial charge in [0.05, 0.1) is 13.2 Å². The highest BCUT2D eigenvalue weighted by atomic mass is 16.5. The summed E-state index contributed by atoms with van der Waals surface area (Å²) in [6.45, 7) is 9.75. The van der Waals surface area contributed by atoms with Crippen LogP contribution in [0.4, 0.5) is 0 Å². The third-order valence-electron chi connectivity index (χ3n) is 4.74. The van der Waals surface area contributed by atoms with Gasteiger partial charge in [0.25, 0.3) is 0 Å². The lowest BCUT2D eigenvalue weighted by molar-refractivity contribution is -0.182. The van der Waals surface area contributed by atoms with E-state index in [1.54, 1.807) is 0 Å². The van der Waals surface area contributed by atoms with E-state index in [0.717, 1.165) is 25.7 Å². The van der Waals surface area contributed by atoms with Gasteiger partial charge < -0.3 is 15.4 Å². The summed E-state index contributed by atoms with van der Waals surface area (Å²) in [5.74, 6) is 2.08. The minimum Gasteiger partial charge on any atom is -0.380 e. The van der Waals surface area contributed by atoms with Crippen LogP contribution in [0.2, 0.25) is 0 Å². The van der Waals surface area contributed by atoms with E-state index < -0.39 is 0 Å². The Morgan fingerprint density at radius 3 is 2.44 bits per heavy atom. The lowest BCUT2D eigenvalue weighted by Gasteiger charge is -2.52. The molecule has 2 N–H and O–H groups in total. The van der Waals surface area contributed by atoms with Crippen molar-refractivity contribution >= 4 is 0 Å². The Kier molecular flexibility index (Phi) is 3.57. The highest BCUT2D eigenvalue weighted by molar-refractivity contribution is 5.01. The first-order chi connectivity index (χ1) is 7.60. The minimum absolute atomic E-state index is 0.383. The highest BCUT2D eigenvalue weighted by Gasteiger charge is 2.52. The molecule has 2 aliphatic heterocycles. The van der Waals surface area contributed by atoms with E-state index in [2.05, 4.69) is 25.8 Å². The first-order valence-corrected chi connectivity index (χ1v) is 6.56. The molecule has 3 nitrogen and oxygen atoms in total. The first kappa shape index (κ1) is 12.3. The molecule has 3 heteroatoms. The number of nitrogens with zero attached hydrogens (tertiary/aromatic N) is 1. The van der Waals surface area contributed by atoms with E-state index in [1.807, 2.05) is 0 Å². The second kappa shape index (κ2) is 4.63. The smallest absolute Gasteiger partial charge is 0.0551 e. The maximum absolute atomic E-state index is 6.00. The number of hydrogen-bond acceptors (Lipinski definition) is 3. The summed E-state index contributed by atoms with van der Waals surface area (Å²) in [5.41, 5.74) is 6.38. The molecule has 0 saturated carbocycles. The Balaban J connectivity index is 2.12. The molecule has 2 heterocycles. The molecule has 2 atom stereocenters. The number of likely N-dealkylation sites (tertiary alicyclic amines) is 1. The van der Waals surface area contributed by atoms with Gasteiger partial charge >= 0.3 is 0 Å². The Morgan fingerprint density at radius 1 is 1.44 bits per heavy atom. The largest absolute Gasteiger partial charge is 0.380 e. The van der Waals surface area contributed by atoms with Crippen LogP contribution in [0.15, 0.2) is 0 Å². The molecular formula is C13H26N2O. The van der Waals surface area contributed by atoms with E-state index in [9.17, 15) is 0 Å². The molecule has 0 amide bonds. The zero-order chi connectivity index (χ0) is 11.8. The van der Waals surface area contributed by atoms with Crippen LogP contribution in [0.5, 0.6) is 0 Å². The normalized spacial score (nSPS) is 31.7. The molecule has 2 rings (SSSR count). The van der Waals surface area contributed by atoms with Gasteiger partial charge in [-0.15, -0.1) is 0 Å². The van der Waals surface area contributed by atoms with Gasteiger partial charge in [-0.1, -0.05) is 13.8 Å². The second-order valence-corrected chi connectivity index (χ2v) is 6.06. The summed E-state index contributed by atoms with van der Waals surface area (Å²) in [5, 5.41) is 0. The Bertz CT molecular complexity index is 238. The summed E-state index contributed by atoms with van der Waals surface area (Å²) in [6.07, 6.45) is 1.32. The summed E-state index contributed by atoms with van der Waals surface area (Å²) in [7, 11) is 2.22. The Morgan fingerprint density at radius 2 is 2.12 bits per heavy atom. The van der Waals surface area contributed by atoms with Crippen LogP contribution in [0, 0.1) is 23.2 Å². The van der Waals surface area contributed by atoms with Crippen molar-refractivity contribution in [3.05, 3.63) is 0 Å². The molecule has 0 aromatic heterocycles. The van der Waals surface area contributed by atoms with E-state index in [1.165, 1.54) is 19.5 Å². The average molecular weight is 226 g/mol. The Hall–Kier alpha value is -0.120. The third kappa shape index (κ3) is 1.89. The van der Waals surface area contributed by atoms with E-state index in [4.69, 9.17) is 10.5 Å². The van der Waals surface area contributed by atoms with Crippen molar-refractivity contribution in [3.8, 4) is 0 Å². The maximum Gasteiger partial charge on any atom is 0.0551 e. The van der Waals surface area contributed by atoms with E-state index in [-0.39, 0.29) is 0 Å². The third-order valence-corrected chi connectivity index (χ3v) is 4.74. The molecule has 0 spiro atoms. The lowest BCUT2D eigenvalue weighted by Crippen LogP contribution is -2.57.